The van der Waals surface area contributed by atoms with Crippen molar-refractivity contribution < 1.29 is 23.5 Å². The smallest absolute Gasteiger partial charge is 0.313 e. The molecule has 0 bridgehead atoms. The summed E-state index contributed by atoms with van der Waals surface area (Å²) in [7, 11) is 1.42. The summed E-state index contributed by atoms with van der Waals surface area (Å²) >= 11 is 0. The van der Waals surface area contributed by atoms with Gasteiger partial charge in [0.05, 0.1) is 13.2 Å². The van der Waals surface area contributed by atoms with E-state index in [1.54, 1.807) is 49.4 Å². The number of amides is 2. The summed E-state index contributed by atoms with van der Waals surface area (Å²) < 4.78 is 24.8. The van der Waals surface area contributed by atoms with Crippen LogP contribution in [0, 0.1) is 5.82 Å². The number of ether oxygens (including phenoxy) is 2. The Morgan fingerprint density at radius 3 is 2.33 bits per heavy atom. The first-order valence-corrected chi connectivity index (χ1v) is 8.52. The molecule has 2 aromatic carbocycles. The third-order valence-corrected chi connectivity index (χ3v) is 4.11. The van der Waals surface area contributed by atoms with Gasteiger partial charge in [-0.25, -0.2) is 4.39 Å². The fourth-order valence-electron chi connectivity index (χ4n) is 2.49. The fraction of sp³-hybridized carbons (Fsp3) is 0.300. The highest BCUT2D eigenvalue weighted by Gasteiger charge is 2.30. The summed E-state index contributed by atoms with van der Waals surface area (Å²) in [4.78, 5) is 24.2. The van der Waals surface area contributed by atoms with Gasteiger partial charge in [-0.2, -0.15) is 0 Å². The molecule has 1 unspecified atom stereocenters. The highest BCUT2D eigenvalue weighted by Crippen LogP contribution is 2.26. The van der Waals surface area contributed by atoms with Crippen LogP contribution in [0.5, 0.6) is 5.75 Å². The van der Waals surface area contributed by atoms with Crippen LogP contribution in [0.2, 0.25) is 0 Å². The molecule has 0 aromatic heterocycles. The van der Waals surface area contributed by atoms with Crippen LogP contribution in [-0.4, -0.2) is 32.1 Å². The lowest BCUT2D eigenvalue weighted by Gasteiger charge is -2.29. The van der Waals surface area contributed by atoms with Gasteiger partial charge in [0, 0.05) is 18.4 Å². The molecule has 7 heteroatoms. The molecule has 0 saturated heterocycles. The number of carbonyl (C=O) groups excluding carboxylic acids is 2. The van der Waals surface area contributed by atoms with E-state index >= 15 is 0 Å². The van der Waals surface area contributed by atoms with Crippen molar-refractivity contribution in [2.45, 2.75) is 19.4 Å². The second-order valence-electron chi connectivity index (χ2n) is 6.01. The Hall–Kier alpha value is -2.93. The normalized spacial score (nSPS) is 12.7. The average molecular weight is 374 g/mol. The highest BCUT2D eigenvalue weighted by molar-refractivity contribution is 6.39. The van der Waals surface area contributed by atoms with Gasteiger partial charge in [-0.3, -0.25) is 9.59 Å². The van der Waals surface area contributed by atoms with E-state index in [2.05, 4.69) is 10.6 Å². The molecule has 2 rings (SSSR count). The minimum Gasteiger partial charge on any atom is -0.494 e. The highest BCUT2D eigenvalue weighted by atomic mass is 19.1. The summed E-state index contributed by atoms with van der Waals surface area (Å²) in [5.74, 6) is -1.45. The fourth-order valence-corrected chi connectivity index (χ4v) is 2.49. The van der Waals surface area contributed by atoms with Crippen molar-refractivity contribution in [2.24, 2.45) is 0 Å². The van der Waals surface area contributed by atoms with Gasteiger partial charge >= 0.3 is 11.8 Å². The second-order valence-corrected chi connectivity index (χ2v) is 6.01. The number of rotatable bonds is 7. The molecule has 2 amide bonds. The largest absolute Gasteiger partial charge is 0.494 e. The first-order chi connectivity index (χ1) is 12.9. The predicted molar refractivity (Wildman–Crippen MR) is 100 cm³/mol. The molecule has 0 heterocycles. The molecular weight excluding hydrogens is 351 g/mol. The van der Waals surface area contributed by atoms with Crippen molar-refractivity contribution in [2.75, 3.05) is 25.6 Å². The predicted octanol–water partition coefficient (Wildman–Crippen LogP) is 2.84. The average Bonchev–Trinajstić information content (AvgIpc) is 2.68. The van der Waals surface area contributed by atoms with Crippen LogP contribution in [-0.2, 0) is 19.9 Å². The lowest BCUT2D eigenvalue weighted by molar-refractivity contribution is -0.137. The standard InChI is InChI=1S/C20H23FN2O4/c1-4-27-15-11-9-14(10-12-15)23-19(25)18(24)22-13-20(2,26-3)16-7-5-6-8-17(16)21/h5-12H,4,13H2,1-3H3,(H,22,24)(H,23,25). The van der Waals surface area contributed by atoms with Crippen LogP contribution < -0.4 is 15.4 Å². The zero-order valence-electron chi connectivity index (χ0n) is 15.5. The van der Waals surface area contributed by atoms with Gasteiger partial charge in [0.1, 0.15) is 17.2 Å². The van der Waals surface area contributed by atoms with Crippen LogP contribution in [0.25, 0.3) is 0 Å². The Bertz CT molecular complexity index is 795. The molecule has 0 fully saturated rings. The minimum atomic E-state index is -1.11. The number of methoxy groups -OCH3 is 1. The molecule has 0 aliphatic rings. The molecule has 0 saturated carbocycles. The summed E-state index contributed by atoms with van der Waals surface area (Å²) in [6.07, 6.45) is 0. The number of nitrogens with one attached hydrogen (secondary N) is 2. The van der Waals surface area contributed by atoms with Crippen molar-refractivity contribution >= 4 is 17.5 Å². The zero-order chi connectivity index (χ0) is 19.9. The monoisotopic (exact) mass is 374 g/mol. The minimum absolute atomic E-state index is 0.0695. The van der Waals surface area contributed by atoms with Gasteiger partial charge in [-0.05, 0) is 44.2 Å². The molecular formula is C20H23FN2O4. The molecule has 6 nitrogen and oxygen atoms in total. The number of anilines is 1. The lowest BCUT2D eigenvalue weighted by atomic mass is 9.95. The van der Waals surface area contributed by atoms with Crippen LogP contribution in [0.1, 0.15) is 19.4 Å². The van der Waals surface area contributed by atoms with Crippen molar-refractivity contribution in [3.63, 3.8) is 0 Å². The molecule has 0 aliphatic heterocycles. The SMILES string of the molecule is CCOc1ccc(NC(=O)C(=O)NCC(C)(OC)c2ccccc2F)cc1. The summed E-state index contributed by atoms with van der Waals surface area (Å²) in [6, 6.07) is 12.8. The van der Waals surface area contributed by atoms with Crippen molar-refractivity contribution in [1.29, 1.82) is 0 Å². The molecule has 0 spiro atoms. The van der Waals surface area contributed by atoms with Crippen LogP contribution >= 0.6 is 0 Å². The molecule has 2 N–H and O–H groups in total. The van der Waals surface area contributed by atoms with E-state index in [1.165, 1.54) is 13.2 Å². The Kier molecular flexibility index (Phi) is 6.90. The molecule has 1 atom stereocenters. The van der Waals surface area contributed by atoms with Crippen LogP contribution in [0.4, 0.5) is 10.1 Å². The van der Waals surface area contributed by atoms with E-state index in [0.29, 0.717) is 23.6 Å². The van der Waals surface area contributed by atoms with E-state index in [-0.39, 0.29) is 6.54 Å². The van der Waals surface area contributed by atoms with Crippen molar-refractivity contribution in [3.8, 4) is 5.75 Å². The van der Waals surface area contributed by atoms with E-state index in [1.807, 2.05) is 6.92 Å². The Morgan fingerprint density at radius 1 is 1.07 bits per heavy atom. The molecule has 0 radical (unpaired) electrons. The maximum atomic E-state index is 14.0. The van der Waals surface area contributed by atoms with Gasteiger partial charge in [-0.15, -0.1) is 0 Å². The number of benzene rings is 2. The van der Waals surface area contributed by atoms with E-state index < -0.39 is 23.2 Å². The van der Waals surface area contributed by atoms with Crippen molar-refractivity contribution in [3.05, 3.63) is 59.9 Å². The molecule has 2 aromatic rings. The Morgan fingerprint density at radius 2 is 1.74 bits per heavy atom. The van der Waals surface area contributed by atoms with Gasteiger partial charge in [-0.1, -0.05) is 18.2 Å². The Balaban J connectivity index is 1.97. The first kappa shape index (κ1) is 20.4. The number of hydrogen-bond acceptors (Lipinski definition) is 4. The van der Waals surface area contributed by atoms with Crippen molar-refractivity contribution in [1.82, 2.24) is 5.32 Å². The third-order valence-electron chi connectivity index (χ3n) is 4.11. The number of carbonyl (C=O) groups is 2. The van der Waals surface area contributed by atoms with Gasteiger partial charge in [0.15, 0.2) is 0 Å². The molecule has 27 heavy (non-hydrogen) atoms. The second kappa shape index (κ2) is 9.14. The maximum Gasteiger partial charge on any atom is 0.313 e. The van der Waals surface area contributed by atoms with E-state index in [9.17, 15) is 14.0 Å². The topological polar surface area (TPSA) is 76.7 Å². The Labute approximate surface area is 157 Å². The molecule has 0 aliphatic carbocycles. The van der Waals surface area contributed by atoms with Gasteiger partial charge < -0.3 is 20.1 Å². The summed E-state index contributed by atoms with van der Waals surface area (Å²) in [5.41, 5.74) is -0.359. The van der Waals surface area contributed by atoms with Gasteiger partial charge in [0.2, 0.25) is 0 Å². The zero-order valence-corrected chi connectivity index (χ0v) is 15.5. The van der Waals surface area contributed by atoms with E-state index in [4.69, 9.17) is 9.47 Å². The summed E-state index contributed by atoms with van der Waals surface area (Å²) in [6.45, 7) is 3.97. The first-order valence-electron chi connectivity index (χ1n) is 8.52. The van der Waals surface area contributed by atoms with Gasteiger partial charge in [0.25, 0.3) is 0 Å². The number of hydrogen-bond donors (Lipinski definition) is 2. The van der Waals surface area contributed by atoms with E-state index in [0.717, 1.165) is 0 Å². The quantitative estimate of drug-likeness (QED) is 0.731. The maximum absolute atomic E-state index is 14.0. The van der Waals surface area contributed by atoms with Crippen LogP contribution in [0.3, 0.4) is 0 Å². The summed E-state index contributed by atoms with van der Waals surface area (Å²) in [5, 5.41) is 4.98. The lowest BCUT2D eigenvalue weighted by Crippen LogP contribution is -2.44. The number of halogens is 1. The third kappa shape index (κ3) is 5.27. The molecule has 144 valence electrons. The van der Waals surface area contributed by atoms with Crippen LogP contribution in [0.15, 0.2) is 48.5 Å².